The minimum Gasteiger partial charge on any atom is -0.212 e. The lowest BCUT2D eigenvalue weighted by molar-refractivity contribution is 0.564. The van der Waals surface area contributed by atoms with Crippen molar-refractivity contribution in [2.24, 2.45) is 0 Å². The molecular formula is C10H14FNO2S. The summed E-state index contributed by atoms with van der Waals surface area (Å²) in [4.78, 5) is 0. The maximum atomic E-state index is 13.2. The Morgan fingerprint density at radius 2 is 1.93 bits per heavy atom. The third-order valence-electron chi connectivity index (χ3n) is 1.72. The van der Waals surface area contributed by atoms with Crippen LogP contribution in [-0.2, 0) is 15.8 Å². The molecule has 0 amide bonds. The SMILES string of the molecule is CC(C)NS(=O)(=O)Cc1ccccc1F. The Bertz CT molecular complexity index is 429. The largest absolute Gasteiger partial charge is 0.216 e. The van der Waals surface area contributed by atoms with Crippen molar-refractivity contribution in [3.05, 3.63) is 35.6 Å². The van der Waals surface area contributed by atoms with Gasteiger partial charge in [-0.3, -0.25) is 0 Å². The van der Waals surface area contributed by atoms with Gasteiger partial charge in [-0.15, -0.1) is 0 Å². The van der Waals surface area contributed by atoms with Crippen molar-refractivity contribution in [3.63, 3.8) is 0 Å². The molecule has 0 bridgehead atoms. The smallest absolute Gasteiger partial charge is 0.212 e. The van der Waals surface area contributed by atoms with Gasteiger partial charge in [0.1, 0.15) is 5.82 Å². The Balaban J connectivity index is 2.83. The minimum absolute atomic E-state index is 0.179. The first-order valence-electron chi connectivity index (χ1n) is 4.64. The molecule has 0 spiro atoms. The van der Waals surface area contributed by atoms with E-state index in [-0.39, 0.29) is 17.4 Å². The predicted octanol–water partition coefficient (Wildman–Crippen LogP) is 1.65. The van der Waals surface area contributed by atoms with Crippen molar-refractivity contribution in [3.8, 4) is 0 Å². The van der Waals surface area contributed by atoms with Gasteiger partial charge in [0, 0.05) is 11.6 Å². The number of hydrogen-bond donors (Lipinski definition) is 1. The van der Waals surface area contributed by atoms with Gasteiger partial charge in [-0.25, -0.2) is 17.5 Å². The predicted molar refractivity (Wildman–Crippen MR) is 57.3 cm³/mol. The van der Waals surface area contributed by atoms with Crippen LogP contribution < -0.4 is 4.72 Å². The quantitative estimate of drug-likeness (QED) is 0.856. The Morgan fingerprint density at radius 1 is 1.33 bits per heavy atom. The highest BCUT2D eigenvalue weighted by Crippen LogP contribution is 2.10. The number of sulfonamides is 1. The highest BCUT2D eigenvalue weighted by molar-refractivity contribution is 7.88. The Hall–Kier alpha value is -0.940. The van der Waals surface area contributed by atoms with E-state index >= 15 is 0 Å². The van der Waals surface area contributed by atoms with Gasteiger partial charge in [-0.1, -0.05) is 18.2 Å². The fraction of sp³-hybridized carbons (Fsp3) is 0.400. The highest BCUT2D eigenvalue weighted by Gasteiger charge is 2.14. The Morgan fingerprint density at radius 3 is 2.47 bits per heavy atom. The molecule has 0 aromatic heterocycles. The monoisotopic (exact) mass is 231 g/mol. The van der Waals surface area contributed by atoms with Crippen molar-refractivity contribution >= 4 is 10.0 Å². The van der Waals surface area contributed by atoms with Crippen LogP contribution in [0.2, 0.25) is 0 Å². The average molecular weight is 231 g/mol. The number of benzene rings is 1. The van der Waals surface area contributed by atoms with Gasteiger partial charge in [-0.2, -0.15) is 0 Å². The Kier molecular flexibility index (Phi) is 3.82. The zero-order valence-electron chi connectivity index (χ0n) is 8.70. The molecule has 0 atom stereocenters. The Labute approximate surface area is 89.4 Å². The van der Waals surface area contributed by atoms with E-state index in [1.54, 1.807) is 19.9 Å². The molecule has 0 fully saturated rings. The molecule has 3 nitrogen and oxygen atoms in total. The van der Waals surface area contributed by atoms with Gasteiger partial charge in [-0.05, 0) is 19.9 Å². The molecule has 0 saturated carbocycles. The van der Waals surface area contributed by atoms with E-state index in [1.165, 1.54) is 18.2 Å². The molecule has 0 radical (unpaired) electrons. The molecule has 1 rings (SSSR count). The minimum atomic E-state index is -3.45. The van der Waals surface area contributed by atoms with E-state index in [2.05, 4.69) is 4.72 Å². The fourth-order valence-corrected chi connectivity index (χ4v) is 2.67. The van der Waals surface area contributed by atoms with Gasteiger partial charge in [0.2, 0.25) is 10.0 Å². The van der Waals surface area contributed by atoms with Crippen LogP contribution in [0.25, 0.3) is 0 Å². The van der Waals surface area contributed by atoms with E-state index in [4.69, 9.17) is 0 Å². The van der Waals surface area contributed by atoms with Gasteiger partial charge in [0.25, 0.3) is 0 Å². The van der Waals surface area contributed by atoms with E-state index < -0.39 is 15.8 Å². The molecule has 0 saturated heterocycles. The van der Waals surface area contributed by atoms with Crippen LogP contribution in [0.4, 0.5) is 4.39 Å². The fourth-order valence-electron chi connectivity index (χ4n) is 1.22. The van der Waals surface area contributed by atoms with Crippen molar-refractivity contribution in [2.45, 2.75) is 25.6 Å². The number of hydrogen-bond acceptors (Lipinski definition) is 2. The number of halogens is 1. The second-order valence-corrected chi connectivity index (χ2v) is 5.38. The molecule has 5 heteroatoms. The molecule has 84 valence electrons. The summed E-state index contributed by atoms with van der Waals surface area (Å²) >= 11 is 0. The lowest BCUT2D eigenvalue weighted by Crippen LogP contribution is -2.31. The second kappa shape index (κ2) is 4.72. The maximum absolute atomic E-state index is 13.2. The van der Waals surface area contributed by atoms with Crippen molar-refractivity contribution in [1.29, 1.82) is 0 Å². The molecule has 0 aliphatic carbocycles. The first kappa shape index (κ1) is 12.1. The topological polar surface area (TPSA) is 46.2 Å². The highest BCUT2D eigenvalue weighted by atomic mass is 32.2. The summed E-state index contributed by atoms with van der Waals surface area (Å²) in [7, 11) is -3.45. The van der Waals surface area contributed by atoms with Crippen LogP contribution in [0.3, 0.4) is 0 Å². The molecule has 0 heterocycles. The van der Waals surface area contributed by atoms with E-state index in [0.29, 0.717) is 0 Å². The van der Waals surface area contributed by atoms with Crippen molar-refractivity contribution in [2.75, 3.05) is 0 Å². The van der Waals surface area contributed by atoms with Crippen LogP contribution in [0.5, 0.6) is 0 Å². The molecule has 15 heavy (non-hydrogen) atoms. The van der Waals surface area contributed by atoms with E-state index in [9.17, 15) is 12.8 Å². The lowest BCUT2D eigenvalue weighted by Gasteiger charge is -2.09. The third-order valence-corrected chi connectivity index (χ3v) is 3.24. The molecule has 1 aromatic carbocycles. The number of rotatable bonds is 4. The maximum Gasteiger partial charge on any atom is 0.216 e. The van der Waals surface area contributed by atoms with Gasteiger partial charge < -0.3 is 0 Å². The summed E-state index contributed by atoms with van der Waals surface area (Å²) in [5, 5.41) is 0. The van der Waals surface area contributed by atoms with Gasteiger partial charge in [0.15, 0.2) is 0 Å². The molecule has 0 aliphatic heterocycles. The first-order valence-corrected chi connectivity index (χ1v) is 6.29. The van der Waals surface area contributed by atoms with Crippen LogP contribution in [0, 0.1) is 5.82 Å². The van der Waals surface area contributed by atoms with Gasteiger partial charge >= 0.3 is 0 Å². The van der Waals surface area contributed by atoms with E-state index in [0.717, 1.165) is 0 Å². The van der Waals surface area contributed by atoms with Crippen molar-refractivity contribution < 1.29 is 12.8 Å². The molecular weight excluding hydrogens is 217 g/mol. The van der Waals surface area contributed by atoms with Crippen LogP contribution >= 0.6 is 0 Å². The zero-order chi connectivity index (χ0) is 11.5. The summed E-state index contributed by atoms with van der Waals surface area (Å²) in [6, 6.07) is 5.68. The molecule has 0 unspecified atom stereocenters. The summed E-state index contributed by atoms with van der Waals surface area (Å²) in [6.45, 7) is 3.44. The molecule has 1 aromatic rings. The van der Waals surface area contributed by atoms with Crippen LogP contribution in [-0.4, -0.2) is 14.5 Å². The number of nitrogens with one attached hydrogen (secondary N) is 1. The first-order chi connectivity index (χ1) is 6.91. The zero-order valence-corrected chi connectivity index (χ0v) is 9.51. The summed E-state index contributed by atoms with van der Waals surface area (Å²) in [5.74, 6) is -0.815. The van der Waals surface area contributed by atoms with Gasteiger partial charge in [0.05, 0.1) is 5.75 Å². The normalized spacial score (nSPS) is 12.0. The summed E-state index contributed by atoms with van der Waals surface area (Å²) in [5.41, 5.74) is 0.186. The second-order valence-electron chi connectivity index (χ2n) is 3.62. The standard InChI is InChI=1S/C10H14FNO2S/c1-8(2)12-15(13,14)7-9-5-3-4-6-10(9)11/h3-6,8,12H,7H2,1-2H3. The summed E-state index contributed by atoms with van der Waals surface area (Å²) < 4.78 is 38.5. The molecule has 0 aliphatic rings. The summed E-state index contributed by atoms with van der Waals surface area (Å²) in [6.07, 6.45) is 0. The lowest BCUT2D eigenvalue weighted by atomic mass is 10.2. The van der Waals surface area contributed by atoms with Crippen LogP contribution in [0.1, 0.15) is 19.4 Å². The molecule has 1 N–H and O–H groups in total. The van der Waals surface area contributed by atoms with Crippen LogP contribution in [0.15, 0.2) is 24.3 Å². The van der Waals surface area contributed by atoms with Crippen molar-refractivity contribution in [1.82, 2.24) is 4.72 Å². The van der Waals surface area contributed by atoms with E-state index in [1.807, 2.05) is 0 Å². The third kappa shape index (κ3) is 3.97. The average Bonchev–Trinajstić information content (AvgIpc) is 2.06.